The molecule has 0 bridgehead atoms. The fourth-order valence-electron chi connectivity index (χ4n) is 1.26. The average Bonchev–Trinajstić information content (AvgIpc) is 2.17. The van der Waals surface area contributed by atoms with Crippen molar-refractivity contribution in [1.29, 1.82) is 0 Å². The van der Waals surface area contributed by atoms with Gasteiger partial charge in [-0.05, 0) is 18.1 Å². The van der Waals surface area contributed by atoms with E-state index in [2.05, 4.69) is 0 Å². The second-order valence-electron chi connectivity index (χ2n) is 3.03. The molecule has 15 heavy (non-hydrogen) atoms. The standard InChI is InChI=1S/C11H13NO3/c12-9-6-3-5-8(4-1-2-7-13)10(9)11(14)15/h1,3-6,13H,2,7,12H2,(H,14,15). The van der Waals surface area contributed by atoms with Crippen LogP contribution in [0.3, 0.4) is 0 Å². The van der Waals surface area contributed by atoms with Gasteiger partial charge in [-0.25, -0.2) is 4.79 Å². The molecule has 0 saturated heterocycles. The van der Waals surface area contributed by atoms with Gasteiger partial charge < -0.3 is 15.9 Å². The molecule has 1 aromatic carbocycles. The van der Waals surface area contributed by atoms with Crippen molar-refractivity contribution < 1.29 is 15.0 Å². The monoisotopic (exact) mass is 207 g/mol. The van der Waals surface area contributed by atoms with Gasteiger partial charge in [0.15, 0.2) is 0 Å². The summed E-state index contributed by atoms with van der Waals surface area (Å²) in [5, 5.41) is 17.5. The molecule has 4 heteroatoms. The van der Waals surface area contributed by atoms with Crippen LogP contribution in [0.1, 0.15) is 22.3 Å². The van der Waals surface area contributed by atoms with Crippen molar-refractivity contribution in [3.8, 4) is 0 Å². The van der Waals surface area contributed by atoms with Gasteiger partial charge in [0.1, 0.15) is 0 Å². The van der Waals surface area contributed by atoms with E-state index in [9.17, 15) is 4.79 Å². The number of hydrogen-bond donors (Lipinski definition) is 3. The number of nitrogens with two attached hydrogens (primary N) is 1. The highest BCUT2D eigenvalue weighted by Gasteiger charge is 2.10. The van der Waals surface area contributed by atoms with Gasteiger partial charge in [-0.3, -0.25) is 0 Å². The third kappa shape index (κ3) is 2.82. The molecule has 0 aliphatic rings. The number of carboxylic acid groups (broad SMARTS) is 1. The van der Waals surface area contributed by atoms with Crippen molar-refractivity contribution in [1.82, 2.24) is 0 Å². The number of aliphatic hydroxyl groups is 1. The van der Waals surface area contributed by atoms with E-state index in [1.807, 2.05) is 0 Å². The van der Waals surface area contributed by atoms with E-state index in [4.69, 9.17) is 15.9 Å². The molecule has 0 aromatic heterocycles. The molecule has 80 valence electrons. The summed E-state index contributed by atoms with van der Waals surface area (Å²) in [4.78, 5) is 10.9. The molecule has 0 saturated carbocycles. The van der Waals surface area contributed by atoms with E-state index in [-0.39, 0.29) is 17.9 Å². The predicted molar refractivity (Wildman–Crippen MR) is 58.6 cm³/mol. The lowest BCUT2D eigenvalue weighted by atomic mass is 10.0. The number of hydrogen-bond acceptors (Lipinski definition) is 3. The highest BCUT2D eigenvalue weighted by molar-refractivity contribution is 5.97. The van der Waals surface area contributed by atoms with Gasteiger partial charge in [0.25, 0.3) is 0 Å². The fourth-order valence-corrected chi connectivity index (χ4v) is 1.26. The lowest BCUT2D eigenvalue weighted by Crippen LogP contribution is -2.04. The van der Waals surface area contributed by atoms with Crippen LogP contribution in [0.4, 0.5) is 5.69 Å². The number of nitrogen functional groups attached to an aromatic ring is 1. The van der Waals surface area contributed by atoms with Crippen LogP contribution in [0.15, 0.2) is 24.3 Å². The molecule has 0 atom stereocenters. The van der Waals surface area contributed by atoms with Gasteiger partial charge in [0.05, 0.1) is 5.56 Å². The summed E-state index contributed by atoms with van der Waals surface area (Å²) in [5.41, 5.74) is 6.46. The minimum absolute atomic E-state index is 0.0429. The van der Waals surface area contributed by atoms with Crippen LogP contribution in [-0.2, 0) is 0 Å². The van der Waals surface area contributed by atoms with Crippen LogP contribution in [0, 0.1) is 0 Å². The third-order valence-corrected chi connectivity index (χ3v) is 1.94. The van der Waals surface area contributed by atoms with Gasteiger partial charge in [-0.1, -0.05) is 24.3 Å². The normalized spacial score (nSPS) is 10.7. The minimum atomic E-state index is -1.04. The Balaban J connectivity index is 3.06. The Labute approximate surface area is 87.7 Å². The molecule has 0 unspecified atom stereocenters. The maximum absolute atomic E-state index is 10.9. The average molecular weight is 207 g/mol. The second kappa shape index (κ2) is 5.17. The van der Waals surface area contributed by atoms with E-state index in [1.165, 1.54) is 0 Å². The van der Waals surface area contributed by atoms with Crippen molar-refractivity contribution >= 4 is 17.7 Å². The molecular weight excluding hydrogens is 194 g/mol. The zero-order chi connectivity index (χ0) is 11.3. The maximum atomic E-state index is 10.9. The Bertz CT molecular complexity index is 385. The van der Waals surface area contributed by atoms with Crippen LogP contribution in [0.5, 0.6) is 0 Å². The van der Waals surface area contributed by atoms with E-state index < -0.39 is 5.97 Å². The zero-order valence-electron chi connectivity index (χ0n) is 8.18. The first-order valence-corrected chi connectivity index (χ1v) is 4.56. The summed E-state index contributed by atoms with van der Waals surface area (Å²) in [6.07, 6.45) is 3.85. The lowest BCUT2D eigenvalue weighted by Gasteiger charge is -2.04. The van der Waals surface area contributed by atoms with Crippen molar-refractivity contribution in [2.45, 2.75) is 6.42 Å². The Hall–Kier alpha value is -1.81. The molecule has 4 N–H and O–H groups in total. The smallest absolute Gasteiger partial charge is 0.338 e. The minimum Gasteiger partial charge on any atom is -0.478 e. The second-order valence-corrected chi connectivity index (χ2v) is 3.03. The van der Waals surface area contributed by atoms with Crippen molar-refractivity contribution in [3.05, 3.63) is 35.4 Å². The Morgan fingerprint density at radius 1 is 1.47 bits per heavy atom. The molecule has 1 rings (SSSR count). The highest BCUT2D eigenvalue weighted by atomic mass is 16.4. The highest BCUT2D eigenvalue weighted by Crippen LogP contribution is 2.18. The molecule has 0 fully saturated rings. The summed E-state index contributed by atoms with van der Waals surface area (Å²) in [6, 6.07) is 4.92. The van der Waals surface area contributed by atoms with E-state index in [1.54, 1.807) is 30.4 Å². The maximum Gasteiger partial charge on any atom is 0.338 e. The summed E-state index contributed by atoms with van der Waals surface area (Å²) in [6.45, 7) is 0.0429. The van der Waals surface area contributed by atoms with Gasteiger partial charge in [-0.15, -0.1) is 0 Å². The Morgan fingerprint density at radius 3 is 2.80 bits per heavy atom. The molecule has 0 amide bonds. The van der Waals surface area contributed by atoms with E-state index in [0.717, 1.165) is 0 Å². The summed E-state index contributed by atoms with van der Waals surface area (Å²) >= 11 is 0. The molecule has 4 nitrogen and oxygen atoms in total. The fraction of sp³-hybridized carbons (Fsp3) is 0.182. The van der Waals surface area contributed by atoms with Crippen molar-refractivity contribution in [2.75, 3.05) is 12.3 Å². The van der Waals surface area contributed by atoms with Crippen LogP contribution in [0.25, 0.3) is 6.08 Å². The largest absolute Gasteiger partial charge is 0.478 e. The number of anilines is 1. The van der Waals surface area contributed by atoms with Gasteiger partial charge in [0, 0.05) is 12.3 Å². The number of benzene rings is 1. The molecule has 0 aliphatic heterocycles. The first kappa shape index (κ1) is 11.3. The van der Waals surface area contributed by atoms with Gasteiger partial charge in [-0.2, -0.15) is 0 Å². The first-order chi connectivity index (χ1) is 7.16. The SMILES string of the molecule is Nc1cccc(C=CCCO)c1C(=O)O. The molecule has 0 aliphatic carbocycles. The van der Waals surface area contributed by atoms with Crippen LogP contribution in [0.2, 0.25) is 0 Å². The summed E-state index contributed by atoms with van der Waals surface area (Å²) in [7, 11) is 0. The zero-order valence-corrected chi connectivity index (χ0v) is 8.18. The van der Waals surface area contributed by atoms with E-state index in [0.29, 0.717) is 12.0 Å². The molecule has 1 aromatic rings. The number of aromatic carboxylic acids is 1. The summed E-state index contributed by atoms with van der Waals surface area (Å²) in [5.74, 6) is -1.04. The number of rotatable bonds is 4. The Kier molecular flexibility index (Phi) is 3.88. The van der Waals surface area contributed by atoms with Crippen molar-refractivity contribution in [2.24, 2.45) is 0 Å². The Morgan fingerprint density at radius 2 is 2.20 bits per heavy atom. The van der Waals surface area contributed by atoms with Crippen LogP contribution in [-0.4, -0.2) is 22.8 Å². The lowest BCUT2D eigenvalue weighted by molar-refractivity contribution is 0.0698. The summed E-state index contributed by atoms with van der Waals surface area (Å²) < 4.78 is 0. The quantitative estimate of drug-likeness (QED) is 0.651. The molecule has 0 radical (unpaired) electrons. The van der Waals surface area contributed by atoms with Gasteiger partial charge in [0.2, 0.25) is 0 Å². The topological polar surface area (TPSA) is 83.5 Å². The van der Waals surface area contributed by atoms with Crippen molar-refractivity contribution in [3.63, 3.8) is 0 Å². The molecule has 0 spiro atoms. The number of aliphatic hydroxyl groups excluding tert-OH is 1. The van der Waals surface area contributed by atoms with Gasteiger partial charge >= 0.3 is 5.97 Å². The molecule has 0 heterocycles. The number of carboxylic acids is 1. The molecular formula is C11H13NO3. The first-order valence-electron chi connectivity index (χ1n) is 4.56. The number of carbonyl (C=O) groups is 1. The third-order valence-electron chi connectivity index (χ3n) is 1.94. The van der Waals surface area contributed by atoms with Crippen LogP contribution < -0.4 is 5.73 Å². The van der Waals surface area contributed by atoms with E-state index >= 15 is 0 Å². The predicted octanol–water partition coefficient (Wildman–Crippen LogP) is 1.36. The van der Waals surface area contributed by atoms with Crippen LogP contribution >= 0.6 is 0 Å².